The second kappa shape index (κ2) is 10.8. The maximum absolute atomic E-state index is 12.7. The van der Waals surface area contributed by atoms with Crippen molar-refractivity contribution in [2.75, 3.05) is 44.3 Å². The molecule has 0 saturated carbocycles. The number of hydrogen-bond donors (Lipinski definition) is 0. The van der Waals surface area contributed by atoms with Crippen LogP contribution in [0, 0.1) is 0 Å². The van der Waals surface area contributed by atoms with Crippen molar-refractivity contribution in [2.45, 2.75) is 26.7 Å². The molecule has 1 aliphatic rings. The summed E-state index contributed by atoms with van der Waals surface area (Å²) in [4.78, 5) is 25.6. The summed E-state index contributed by atoms with van der Waals surface area (Å²) in [5.74, 6) is 2.65. The van der Waals surface area contributed by atoms with Crippen molar-refractivity contribution in [3.8, 4) is 17.2 Å². The molecule has 1 fully saturated rings. The van der Waals surface area contributed by atoms with Gasteiger partial charge in [-0.1, -0.05) is 31.2 Å². The summed E-state index contributed by atoms with van der Waals surface area (Å²) in [5.41, 5.74) is 3.34. The predicted molar refractivity (Wildman–Crippen MR) is 140 cm³/mol. The zero-order chi connectivity index (χ0) is 25.8. The Kier molecular flexibility index (Phi) is 7.16. The highest BCUT2D eigenvalue weighted by molar-refractivity contribution is 5.84. The maximum atomic E-state index is 12.7. The lowest BCUT2D eigenvalue weighted by Gasteiger charge is -2.35. The fourth-order valence-electron chi connectivity index (χ4n) is 4.35. The zero-order valence-electron chi connectivity index (χ0n) is 21.4. The topological polar surface area (TPSA) is 98.5 Å². The van der Waals surface area contributed by atoms with Gasteiger partial charge in [-0.3, -0.25) is 4.79 Å². The van der Waals surface area contributed by atoms with E-state index in [9.17, 15) is 4.79 Å². The van der Waals surface area contributed by atoms with Crippen molar-refractivity contribution in [2.24, 2.45) is 0 Å². The molecular formula is C27H31N7O3. The van der Waals surface area contributed by atoms with Crippen molar-refractivity contribution in [1.29, 1.82) is 0 Å². The van der Waals surface area contributed by atoms with Crippen molar-refractivity contribution in [3.05, 3.63) is 60.4 Å². The summed E-state index contributed by atoms with van der Waals surface area (Å²) in [6, 6.07) is 15.6. The van der Waals surface area contributed by atoms with Gasteiger partial charge in [-0.2, -0.15) is 4.68 Å². The Morgan fingerprint density at radius 2 is 1.59 bits per heavy atom. The molecule has 1 saturated heterocycles. The Morgan fingerprint density at radius 3 is 2.27 bits per heavy atom. The largest absolute Gasteiger partial charge is 0.494 e. The lowest BCUT2D eigenvalue weighted by atomic mass is 10.0. The number of ether oxygens (including phenoxy) is 2. The van der Waals surface area contributed by atoms with Crippen LogP contribution >= 0.6 is 0 Å². The Labute approximate surface area is 215 Å². The molecule has 3 heterocycles. The van der Waals surface area contributed by atoms with Crippen LogP contribution in [0.15, 0.2) is 54.9 Å². The van der Waals surface area contributed by atoms with E-state index in [1.54, 1.807) is 4.68 Å². The van der Waals surface area contributed by atoms with Crippen LogP contribution in [0.25, 0.3) is 16.9 Å². The van der Waals surface area contributed by atoms with Crippen molar-refractivity contribution in [1.82, 2.24) is 29.9 Å². The van der Waals surface area contributed by atoms with Gasteiger partial charge in [-0.05, 0) is 54.8 Å². The molecule has 0 bridgehead atoms. The first-order valence-electron chi connectivity index (χ1n) is 12.6. The van der Waals surface area contributed by atoms with Crippen molar-refractivity contribution >= 4 is 22.9 Å². The van der Waals surface area contributed by atoms with E-state index >= 15 is 0 Å². The minimum atomic E-state index is -0.0261. The average Bonchev–Trinajstić information content (AvgIpc) is 3.37. The van der Waals surface area contributed by atoms with Gasteiger partial charge < -0.3 is 19.3 Å². The number of aromatic nitrogens is 5. The molecule has 2 aromatic heterocycles. The second-order valence-electron chi connectivity index (χ2n) is 9.18. The summed E-state index contributed by atoms with van der Waals surface area (Å²) < 4.78 is 13.0. The average molecular weight is 502 g/mol. The van der Waals surface area contributed by atoms with Gasteiger partial charge >= 0.3 is 0 Å². The number of piperazine rings is 1. The van der Waals surface area contributed by atoms with E-state index in [1.165, 1.54) is 11.9 Å². The summed E-state index contributed by atoms with van der Waals surface area (Å²) in [5, 5.41) is 8.70. The van der Waals surface area contributed by atoms with Crippen LogP contribution < -0.4 is 14.4 Å². The third-order valence-electron chi connectivity index (χ3n) is 6.45. The van der Waals surface area contributed by atoms with Gasteiger partial charge in [0, 0.05) is 26.2 Å². The predicted octanol–water partition coefficient (Wildman–Crippen LogP) is 3.46. The lowest BCUT2D eigenvalue weighted by Crippen LogP contribution is -2.50. The number of carbonyl (C=O) groups is 1. The first-order chi connectivity index (χ1) is 18.0. The van der Waals surface area contributed by atoms with Crippen LogP contribution in [0.3, 0.4) is 0 Å². The lowest BCUT2D eigenvalue weighted by molar-refractivity contribution is -0.133. The normalized spacial score (nSPS) is 13.8. The fourth-order valence-corrected chi connectivity index (χ4v) is 4.35. The Balaban J connectivity index is 1.21. The van der Waals surface area contributed by atoms with Crippen LogP contribution in [-0.2, 0) is 4.79 Å². The van der Waals surface area contributed by atoms with E-state index in [0.717, 1.165) is 17.3 Å². The Hall–Kier alpha value is -4.21. The molecule has 4 aromatic rings. The zero-order valence-corrected chi connectivity index (χ0v) is 21.4. The van der Waals surface area contributed by atoms with Crippen LogP contribution in [0.1, 0.15) is 32.3 Å². The van der Waals surface area contributed by atoms with Crippen molar-refractivity contribution < 1.29 is 14.3 Å². The minimum absolute atomic E-state index is 0.0230. The molecular weight excluding hydrogens is 470 g/mol. The first kappa shape index (κ1) is 24.5. The SMILES string of the molecule is CCOc1ccc(-n2nnc3c(N4CCN(C(=O)COc5ccc(C(C)C)cc5)CC4)ncnc32)cc1. The Bertz CT molecular complexity index is 1340. The maximum Gasteiger partial charge on any atom is 0.260 e. The number of fused-ring (bicyclic) bond motifs is 1. The number of nitrogens with zero attached hydrogens (tertiary/aromatic N) is 7. The third-order valence-corrected chi connectivity index (χ3v) is 6.45. The second-order valence-corrected chi connectivity index (χ2v) is 9.18. The summed E-state index contributed by atoms with van der Waals surface area (Å²) in [7, 11) is 0. The molecule has 2 aromatic carbocycles. The van der Waals surface area contributed by atoms with Crippen LogP contribution in [0.5, 0.6) is 11.5 Å². The molecule has 0 unspecified atom stereocenters. The molecule has 192 valence electrons. The van der Waals surface area contributed by atoms with Crippen LogP contribution in [0.4, 0.5) is 5.82 Å². The molecule has 0 aliphatic carbocycles. The molecule has 0 spiro atoms. The quantitative estimate of drug-likeness (QED) is 0.362. The van der Waals surface area contributed by atoms with Crippen molar-refractivity contribution in [3.63, 3.8) is 0 Å². The summed E-state index contributed by atoms with van der Waals surface area (Å²) in [6.07, 6.45) is 1.53. The van der Waals surface area contributed by atoms with Crippen LogP contribution in [-0.4, -0.2) is 75.2 Å². The van der Waals surface area contributed by atoms with Gasteiger partial charge in [0.2, 0.25) is 0 Å². The summed E-state index contributed by atoms with van der Waals surface area (Å²) in [6.45, 7) is 9.31. The molecule has 0 N–H and O–H groups in total. The standard InChI is InChI=1S/C27H31N7O3/c1-4-36-22-11-7-21(8-12-22)34-27-25(30-31-34)26(28-18-29-27)33-15-13-32(14-16-33)24(35)17-37-23-9-5-20(6-10-23)19(2)3/h5-12,18-19H,4,13-17H2,1-3H3. The smallest absolute Gasteiger partial charge is 0.260 e. The Morgan fingerprint density at radius 1 is 0.919 bits per heavy atom. The van der Waals surface area contributed by atoms with Gasteiger partial charge in [0.25, 0.3) is 5.91 Å². The third kappa shape index (κ3) is 5.32. The number of anilines is 1. The fraction of sp³-hybridized carbons (Fsp3) is 0.370. The van der Waals surface area contributed by atoms with Gasteiger partial charge in [0.1, 0.15) is 17.8 Å². The first-order valence-corrected chi connectivity index (χ1v) is 12.6. The molecule has 1 aliphatic heterocycles. The van der Waals surface area contributed by atoms with Gasteiger partial charge in [-0.15, -0.1) is 5.10 Å². The molecule has 0 atom stereocenters. The highest BCUT2D eigenvalue weighted by Gasteiger charge is 2.25. The number of amides is 1. The van der Waals surface area contributed by atoms with Gasteiger partial charge in [0.15, 0.2) is 23.6 Å². The molecule has 10 heteroatoms. The van der Waals surface area contributed by atoms with Gasteiger partial charge in [-0.25, -0.2) is 9.97 Å². The highest BCUT2D eigenvalue weighted by Crippen LogP contribution is 2.25. The van der Waals surface area contributed by atoms with Crippen LogP contribution in [0.2, 0.25) is 0 Å². The summed E-state index contributed by atoms with van der Waals surface area (Å²) >= 11 is 0. The highest BCUT2D eigenvalue weighted by atomic mass is 16.5. The minimum Gasteiger partial charge on any atom is -0.494 e. The monoisotopic (exact) mass is 501 g/mol. The molecule has 1 amide bonds. The molecule has 0 radical (unpaired) electrons. The molecule has 37 heavy (non-hydrogen) atoms. The number of hydrogen-bond acceptors (Lipinski definition) is 8. The van der Waals surface area contributed by atoms with E-state index in [0.29, 0.717) is 55.6 Å². The number of rotatable bonds is 8. The van der Waals surface area contributed by atoms with E-state index in [2.05, 4.69) is 39.0 Å². The number of carbonyl (C=O) groups excluding carboxylic acids is 1. The molecule has 5 rings (SSSR count). The van der Waals surface area contributed by atoms with E-state index in [4.69, 9.17) is 9.47 Å². The van der Waals surface area contributed by atoms with E-state index < -0.39 is 0 Å². The number of benzene rings is 2. The van der Waals surface area contributed by atoms with E-state index in [-0.39, 0.29) is 12.5 Å². The van der Waals surface area contributed by atoms with E-state index in [1.807, 2.05) is 60.4 Å². The van der Waals surface area contributed by atoms with Gasteiger partial charge in [0.05, 0.1) is 12.3 Å². The molecule has 10 nitrogen and oxygen atoms in total.